The molecule has 0 saturated heterocycles. The van der Waals surface area contributed by atoms with Gasteiger partial charge in [-0.25, -0.2) is 5.43 Å². The number of hydrogen-bond donors (Lipinski definition) is 4. The lowest BCUT2D eigenvalue weighted by molar-refractivity contribution is -0.327. The van der Waals surface area contributed by atoms with Crippen molar-refractivity contribution in [2.75, 3.05) is 17.9 Å². The van der Waals surface area contributed by atoms with Gasteiger partial charge in [0.1, 0.15) is 11.4 Å². The zero-order valence-electron chi connectivity index (χ0n) is 11.6. The van der Waals surface area contributed by atoms with Crippen LogP contribution in [0, 0.1) is 0 Å². The molecule has 2 aromatic rings. The molecular weight excluding hydrogens is 292 g/mol. The van der Waals surface area contributed by atoms with Crippen molar-refractivity contribution < 1.29 is 21.1 Å². The van der Waals surface area contributed by atoms with E-state index in [0.717, 1.165) is 5.69 Å². The molecule has 0 fully saturated rings. The minimum atomic E-state index is -0.243. The van der Waals surface area contributed by atoms with Crippen LogP contribution in [-0.2, 0) is 0 Å². The van der Waals surface area contributed by atoms with Crippen LogP contribution in [0.15, 0.2) is 36.4 Å². The third kappa shape index (κ3) is 3.43. The number of ether oxygens (including phenoxy) is 1. The van der Waals surface area contributed by atoms with Crippen LogP contribution in [0.1, 0.15) is 10.4 Å². The Labute approximate surface area is 127 Å². The van der Waals surface area contributed by atoms with Crippen LogP contribution in [-0.4, -0.2) is 13.0 Å². The second-order valence-electron chi connectivity index (χ2n) is 4.35. The summed E-state index contributed by atoms with van der Waals surface area (Å²) >= 11 is 6.02. The quantitative estimate of drug-likeness (QED) is 0.634. The largest absolute Gasteiger partial charge is 0.495 e. The van der Waals surface area contributed by atoms with Crippen LogP contribution >= 0.6 is 11.6 Å². The molecule has 0 bridgehead atoms. The molecule has 0 heterocycles. The fraction of sp³-hybridized carbons (Fsp3) is 0.0714. The molecule has 6 nitrogen and oxygen atoms in total. The van der Waals surface area contributed by atoms with E-state index in [-0.39, 0.29) is 5.91 Å². The summed E-state index contributed by atoms with van der Waals surface area (Å²) in [5, 5.41) is 3.21. The summed E-state index contributed by atoms with van der Waals surface area (Å²) in [6.07, 6.45) is 0. The lowest BCUT2D eigenvalue weighted by atomic mass is 10.1. The molecular formula is C14H17ClN4O2+2. The van der Waals surface area contributed by atoms with Crippen LogP contribution in [0.4, 0.5) is 17.1 Å². The van der Waals surface area contributed by atoms with Crippen LogP contribution in [0.25, 0.3) is 0 Å². The van der Waals surface area contributed by atoms with Gasteiger partial charge in [-0.3, -0.25) is 10.6 Å². The molecule has 21 heavy (non-hydrogen) atoms. The number of benzene rings is 2. The van der Waals surface area contributed by atoms with Crippen LogP contribution in [0.5, 0.6) is 5.75 Å². The molecule has 1 amide bonds. The van der Waals surface area contributed by atoms with Crippen LogP contribution < -0.4 is 27.1 Å². The van der Waals surface area contributed by atoms with Gasteiger partial charge >= 0.3 is 0 Å². The fourth-order valence-electron chi connectivity index (χ4n) is 1.83. The molecule has 2 aromatic carbocycles. The van der Waals surface area contributed by atoms with E-state index in [2.05, 4.69) is 22.3 Å². The van der Waals surface area contributed by atoms with Gasteiger partial charge in [0.05, 0.1) is 12.1 Å². The fourth-order valence-corrected chi connectivity index (χ4v) is 2.09. The summed E-state index contributed by atoms with van der Waals surface area (Å²) in [5.41, 5.74) is 9.16. The van der Waals surface area contributed by atoms with E-state index in [9.17, 15) is 4.79 Å². The van der Waals surface area contributed by atoms with Gasteiger partial charge in [-0.05, 0) is 30.3 Å². The Morgan fingerprint density at radius 2 is 2.00 bits per heavy atom. The van der Waals surface area contributed by atoms with E-state index in [1.54, 1.807) is 36.4 Å². The van der Waals surface area contributed by atoms with E-state index in [1.807, 2.05) is 0 Å². The van der Waals surface area contributed by atoms with Crippen LogP contribution in [0.2, 0.25) is 5.02 Å². The predicted molar refractivity (Wildman–Crippen MR) is 81.5 cm³/mol. The molecule has 0 aliphatic heterocycles. The van der Waals surface area contributed by atoms with Gasteiger partial charge in [0.15, 0.2) is 5.69 Å². The van der Waals surface area contributed by atoms with E-state index >= 15 is 0 Å². The second-order valence-corrected chi connectivity index (χ2v) is 4.76. The maximum absolute atomic E-state index is 12.2. The standard InChI is InChI=1S/C14H15ClN4O2/c1-21-13-5-3-9(7-10(13)15)18-14(20)8-2-4-11(16)12(6-8)19-17/h2-7,19H,16-17H2,1H3,(H,18,20)/p+2. The zero-order chi connectivity index (χ0) is 15.4. The molecule has 0 aromatic heterocycles. The van der Waals surface area contributed by atoms with Gasteiger partial charge in [-0.2, -0.15) is 0 Å². The number of nitrogens with one attached hydrogen (secondary N) is 2. The van der Waals surface area contributed by atoms with Crippen molar-refractivity contribution in [2.24, 2.45) is 0 Å². The van der Waals surface area contributed by atoms with E-state index in [1.165, 1.54) is 7.11 Å². The number of quaternary nitrogens is 2. The van der Waals surface area contributed by atoms with Gasteiger partial charge in [0, 0.05) is 17.3 Å². The first kappa shape index (κ1) is 15.1. The predicted octanol–water partition coefficient (Wildman–Crippen LogP) is 1.04. The summed E-state index contributed by atoms with van der Waals surface area (Å²) in [5.74, 6) is 3.89. The SMILES string of the molecule is COc1ccc(NC(=O)c2ccc([NH3+])c(N[NH3+])c2)cc1Cl. The highest BCUT2D eigenvalue weighted by Crippen LogP contribution is 2.27. The molecule has 0 saturated carbocycles. The molecule has 0 aliphatic carbocycles. The number of hydrogen-bond acceptors (Lipinski definition) is 3. The minimum absolute atomic E-state index is 0.243. The number of carbonyl (C=O) groups is 1. The molecule has 8 N–H and O–H groups in total. The van der Waals surface area contributed by atoms with Crippen molar-refractivity contribution in [3.05, 3.63) is 47.0 Å². The second kappa shape index (κ2) is 6.45. The first-order chi connectivity index (χ1) is 10.0. The molecule has 0 atom stereocenters. The monoisotopic (exact) mass is 308 g/mol. The molecule has 0 aliphatic rings. The van der Waals surface area contributed by atoms with Crippen molar-refractivity contribution in [3.8, 4) is 5.75 Å². The Morgan fingerprint density at radius 3 is 2.62 bits per heavy atom. The first-order valence-corrected chi connectivity index (χ1v) is 6.57. The van der Waals surface area contributed by atoms with Crippen molar-refractivity contribution in [1.82, 2.24) is 0 Å². The summed E-state index contributed by atoms with van der Waals surface area (Å²) in [6.45, 7) is 0. The summed E-state index contributed by atoms with van der Waals surface area (Å²) in [7, 11) is 1.53. The van der Waals surface area contributed by atoms with Crippen molar-refractivity contribution in [2.45, 2.75) is 0 Å². The van der Waals surface area contributed by atoms with Gasteiger partial charge in [0.2, 0.25) is 0 Å². The smallest absolute Gasteiger partial charge is 0.255 e. The lowest BCUT2D eigenvalue weighted by Gasteiger charge is -2.09. The highest BCUT2D eigenvalue weighted by Gasteiger charge is 2.11. The highest BCUT2D eigenvalue weighted by molar-refractivity contribution is 6.32. The molecule has 0 spiro atoms. The Balaban J connectivity index is 2.19. The average Bonchev–Trinajstić information content (AvgIpc) is 2.48. The maximum atomic E-state index is 12.2. The van der Waals surface area contributed by atoms with E-state index < -0.39 is 0 Å². The van der Waals surface area contributed by atoms with Gasteiger partial charge < -0.3 is 15.8 Å². The van der Waals surface area contributed by atoms with E-state index in [4.69, 9.17) is 16.3 Å². The van der Waals surface area contributed by atoms with Gasteiger partial charge in [-0.1, -0.05) is 11.6 Å². The van der Waals surface area contributed by atoms with Gasteiger partial charge in [0.25, 0.3) is 5.91 Å². The minimum Gasteiger partial charge on any atom is -0.495 e. The summed E-state index contributed by atoms with van der Waals surface area (Å²) < 4.78 is 5.07. The summed E-state index contributed by atoms with van der Waals surface area (Å²) in [4.78, 5) is 12.2. The topological polar surface area (TPSA) is 106 Å². The van der Waals surface area contributed by atoms with Crippen molar-refractivity contribution in [3.63, 3.8) is 0 Å². The van der Waals surface area contributed by atoms with Gasteiger partial charge in [-0.15, -0.1) is 0 Å². The van der Waals surface area contributed by atoms with E-state index in [0.29, 0.717) is 27.7 Å². The molecule has 0 unspecified atom stereocenters. The third-order valence-corrected chi connectivity index (χ3v) is 3.27. The van der Waals surface area contributed by atoms with Crippen molar-refractivity contribution in [1.29, 1.82) is 0 Å². The molecule has 7 heteroatoms. The normalized spacial score (nSPS) is 10.1. The van der Waals surface area contributed by atoms with Crippen molar-refractivity contribution >= 4 is 34.6 Å². The number of carbonyl (C=O) groups excluding carboxylic acids is 1. The average molecular weight is 309 g/mol. The molecule has 110 valence electrons. The molecule has 0 radical (unpaired) electrons. The Morgan fingerprint density at radius 1 is 1.24 bits per heavy atom. The Hall–Kier alpha value is -2.28. The first-order valence-electron chi connectivity index (χ1n) is 6.19. The lowest BCUT2D eigenvalue weighted by Crippen LogP contribution is -2.58. The molecule has 2 rings (SSSR count). The zero-order valence-corrected chi connectivity index (χ0v) is 12.3. The number of amides is 1. The summed E-state index contributed by atoms with van der Waals surface area (Å²) in [6, 6.07) is 10.2. The number of methoxy groups -OCH3 is 1. The Kier molecular flexibility index (Phi) is 4.64. The number of halogens is 1. The number of rotatable bonds is 4. The highest BCUT2D eigenvalue weighted by atomic mass is 35.5. The maximum Gasteiger partial charge on any atom is 0.255 e. The Bertz CT molecular complexity index is 676. The third-order valence-electron chi connectivity index (χ3n) is 2.97. The number of anilines is 2. The van der Waals surface area contributed by atoms with Crippen LogP contribution in [0.3, 0.4) is 0 Å².